The second-order valence-electron chi connectivity index (χ2n) is 4.40. The van der Waals surface area contributed by atoms with Gasteiger partial charge in [0.15, 0.2) is 7.14 Å². The highest BCUT2D eigenvalue weighted by Crippen LogP contribution is 2.21. The molecule has 0 aliphatic rings. The van der Waals surface area contributed by atoms with Crippen LogP contribution in [0.2, 0.25) is 0 Å². The molecule has 0 N–H and O–H groups in total. The maximum atomic E-state index is 5.85. The van der Waals surface area contributed by atoms with Crippen LogP contribution >= 0.6 is 22.6 Å². The number of hydrogen-bond donors (Lipinski definition) is 0. The molecule has 0 saturated carbocycles. The van der Waals surface area contributed by atoms with Crippen molar-refractivity contribution in [3.63, 3.8) is 0 Å². The molecule has 0 aromatic heterocycles. The van der Waals surface area contributed by atoms with Crippen molar-refractivity contribution in [2.24, 2.45) is 0 Å². The van der Waals surface area contributed by atoms with Crippen LogP contribution in [-0.4, -0.2) is 0 Å². The van der Waals surface area contributed by atoms with Gasteiger partial charge >= 0.3 is 21.2 Å². The third-order valence-electron chi connectivity index (χ3n) is 2.81. The van der Waals surface area contributed by atoms with Gasteiger partial charge < -0.3 is 4.74 Å². The smallest absolute Gasteiger partial charge is 0.357 e. The van der Waals surface area contributed by atoms with E-state index in [2.05, 4.69) is 77.2 Å². The maximum Gasteiger partial charge on any atom is 0.357 e. The predicted octanol–water partition coefficient (Wildman–Crippen LogP) is 2.21. The molecule has 3 heteroatoms. The van der Waals surface area contributed by atoms with E-state index in [-0.39, 0.29) is 21.2 Å². The monoisotopic (exact) mass is 499 g/mol. The fraction of sp³-hybridized carbons (Fsp3) is 0. The topological polar surface area (TPSA) is 9.23 Å². The molecule has 0 amide bonds. The van der Waals surface area contributed by atoms with Crippen molar-refractivity contribution in [2.75, 3.05) is 0 Å². The third-order valence-corrected chi connectivity index (χ3v) is 6.22. The molecule has 3 aromatic carbocycles. The van der Waals surface area contributed by atoms with Crippen molar-refractivity contribution >= 4 is 22.6 Å². The summed E-state index contributed by atoms with van der Waals surface area (Å²) in [6.07, 6.45) is 0. The number of rotatable bonds is 4. The van der Waals surface area contributed by atoms with Crippen molar-refractivity contribution in [3.05, 3.63) is 89.6 Å². The molecular formula is C18H13I2O+. The first-order valence-corrected chi connectivity index (χ1v) is 9.76. The van der Waals surface area contributed by atoms with E-state index in [9.17, 15) is 0 Å². The summed E-state index contributed by atoms with van der Waals surface area (Å²) in [4.78, 5) is 0. The second kappa shape index (κ2) is 7.26. The van der Waals surface area contributed by atoms with Gasteiger partial charge in [-0.25, -0.2) is 0 Å². The Bertz CT molecular complexity index is 692. The Kier molecular flexibility index (Phi) is 5.13. The van der Waals surface area contributed by atoms with Crippen LogP contribution in [0.5, 0.6) is 11.5 Å². The molecule has 0 aliphatic heterocycles. The highest BCUT2D eigenvalue weighted by atomic mass is 127. The average Bonchev–Trinajstić information content (AvgIpc) is 2.53. The first-order valence-electron chi connectivity index (χ1n) is 6.53. The highest BCUT2D eigenvalue weighted by Gasteiger charge is 2.14. The van der Waals surface area contributed by atoms with E-state index < -0.39 is 0 Å². The number of hydrogen-bond acceptors (Lipinski definition) is 1. The van der Waals surface area contributed by atoms with E-state index in [1.54, 1.807) is 0 Å². The lowest BCUT2D eigenvalue weighted by molar-refractivity contribution is -0.597. The lowest BCUT2D eigenvalue weighted by atomic mass is 10.3. The van der Waals surface area contributed by atoms with Gasteiger partial charge in [-0.3, -0.25) is 0 Å². The molecule has 21 heavy (non-hydrogen) atoms. The Labute approximate surface area is 148 Å². The molecule has 1 nitrogen and oxygen atoms in total. The Morgan fingerprint density at radius 3 is 1.76 bits per heavy atom. The van der Waals surface area contributed by atoms with Crippen LogP contribution in [0, 0.1) is 10.7 Å². The molecule has 0 saturated heterocycles. The van der Waals surface area contributed by atoms with E-state index in [1.165, 1.54) is 10.7 Å². The second-order valence-corrected chi connectivity index (χ2v) is 8.68. The van der Waals surface area contributed by atoms with Gasteiger partial charge in [-0.2, -0.15) is 0 Å². The summed E-state index contributed by atoms with van der Waals surface area (Å²) < 4.78 is 9.89. The van der Waals surface area contributed by atoms with Crippen molar-refractivity contribution < 1.29 is 25.9 Å². The van der Waals surface area contributed by atoms with Gasteiger partial charge in [-0.05, 0) is 83.3 Å². The van der Waals surface area contributed by atoms with E-state index in [0.29, 0.717) is 0 Å². The van der Waals surface area contributed by atoms with E-state index in [1.807, 2.05) is 24.3 Å². The first-order chi connectivity index (χ1) is 10.3. The van der Waals surface area contributed by atoms with Crippen LogP contribution in [0.1, 0.15) is 0 Å². The maximum absolute atomic E-state index is 5.85. The third kappa shape index (κ3) is 4.44. The number of halogens is 2. The molecular weight excluding hydrogens is 486 g/mol. The van der Waals surface area contributed by atoms with Crippen molar-refractivity contribution in [3.8, 4) is 11.5 Å². The van der Waals surface area contributed by atoms with Gasteiger partial charge in [0.05, 0.1) is 0 Å². The zero-order valence-electron chi connectivity index (χ0n) is 11.2. The van der Waals surface area contributed by atoms with Gasteiger partial charge in [-0.15, -0.1) is 0 Å². The molecule has 0 heterocycles. The predicted molar refractivity (Wildman–Crippen MR) is 89.5 cm³/mol. The van der Waals surface area contributed by atoms with E-state index in [4.69, 9.17) is 4.74 Å². The fourth-order valence-electron chi connectivity index (χ4n) is 1.81. The van der Waals surface area contributed by atoms with Gasteiger partial charge in [-0.1, -0.05) is 18.2 Å². The fourth-order valence-corrected chi connectivity index (χ4v) is 4.38. The summed E-state index contributed by atoms with van der Waals surface area (Å²) in [5, 5.41) is 0. The molecule has 0 atom stereocenters. The lowest BCUT2D eigenvalue weighted by Crippen LogP contribution is -3.61. The Hall–Kier alpha value is -1.08. The summed E-state index contributed by atoms with van der Waals surface area (Å²) in [6.45, 7) is 0. The Morgan fingerprint density at radius 1 is 0.619 bits per heavy atom. The lowest BCUT2D eigenvalue weighted by Gasteiger charge is -2.04. The molecule has 3 rings (SSSR count). The number of benzene rings is 3. The molecule has 0 radical (unpaired) electrons. The zero-order valence-corrected chi connectivity index (χ0v) is 15.5. The molecule has 0 bridgehead atoms. The minimum Gasteiger partial charge on any atom is -0.457 e. The summed E-state index contributed by atoms with van der Waals surface area (Å²) in [7, 11) is 0. The molecule has 0 unspecified atom stereocenters. The zero-order chi connectivity index (χ0) is 14.5. The van der Waals surface area contributed by atoms with Crippen LogP contribution in [0.15, 0.2) is 78.9 Å². The average molecular weight is 499 g/mol. The normalized spacial score (nSPS) is 10.3. The highest BCUT2D eigenvalue weighted by molar-refractivity contribution is 14.1. The summed E-state index contributed by atoms with van der Waals surface area (Å²) in [5.41, 5.74) is 0. The molecule has 0 aliphatic carbocycles. The van der Waals surface area contributed by atoms with E-state index in [0.717, 1.165) is 11.5 Å². The first kappa shape index (κ1) is 14.8. The summed E-state index contributed by atoms with van der Waals surface area (Å²) in [5.74, 6) is 1.76. The van der Waals surface area contributed by atoms with Crippen molar-refractivity contribution in [1.82, 2.24) is 0 Å². The molecule has 3 aromatic rings. The minimum atomic E-state index is -0.106. The summed E-state index contributed by atoms with van der Waals surface area (Å²) in [6, 6.07) is 27.2. The van der Waals surface area contributed by atoms with Crippen molar-refractivity contribution in [1.29, 1.82) is 0 Å². The van der Waals surface area contributed by atoms with Crippen LogP contribution in [0.3, 0.4) is 0 Å². The summed E-state index contributed by atoms with van der Waals surface area (Å²) >= 11 is 2.18. The van der Waals surface area contributed by atoms with Gasteiger partial charge in [0.1, 0.15) is 11.5 Å². The quantitative estimate of drug-likeness (QED) is 0.501. The molecule has 104 valence electrons. The largest absolute Gasteiger partial charge is 0.457 e. The van der Waals surface area contributed by atoms with Crippen molar-refractivity contribution in [2.45, 2.75) is 0 Å². The Balaban J connectivity index is 1.68. The van der Waals surface area contributed by atoms with Crippen LogP contribution in [0.4, 0.5) is 0 Å². The van der Waals surface area contributed by atoms with Crippen LogP contribution in [0.25, 0.3) is 0 Å². The standard InChI is InChI=1S/C18H13I2O/c19-14-6-10-17(11-7-14)21-18-12-8-16(9-13-18)20-15-4-2-1-3-5-15/h1-13H/q+1. The molecule has 0 spiro atoms. The van der Waals surface area contributed by atoms with Gasteiger partial charge in [0.25, 0.3) is 0 Å². The molecule has 0 fully saturated rings. The van der Waals surface area contributed by atoms with E-state index >= 15 is 0 Å². The SMILES string of the molecule is Ic1ccc(Oc2ccc([I+]c3ccccc3)cc2)cc1. The van der Waals surface area contributed by atoms with Crippen LogP contribution < -0.4 is 25.9 Å². The van der Waals surface area contributed by atoms with Crippen LogP contribution in [-0.2, 0) is 0 Å². The Morgan fingerprint density at radius 2 is 1.14 bits per heavy atom. The minimum absolute atomic E-state index is 0.106. The van der Waals surface area contributed by atoms with Gasteiger partial charge in [0, 0.05) is 3.57 Å². The van der Waals surface area contributed by atoms with Gasteiger partial charge in [0.2, 0.25) is 0 Å². The number of ether oxygens (including phenoxy) is 1.